The minimum atomic E-state index is -0.241. The number of hydrogen-bond donors (Lipinski definition) is 0. The highest BCUT2D eigenvalue weighted by molar-refractivity contribution is 9.10. The van der Waals surface area contributed by atoms with Crippen LogP contribution in [0.15, 0.2) is 22.7 Å². The Kier molecular flexibility index (Phi) is 2.51. The zero-order valence-corrected chi connectivity index (χ0v) is 10.5. The highest BCUT2D eigenvalue weighted by Gasteiger charge is 2.33. The lowest BCUT2D eigenvalue weighted by Gasteiger charge is -2.09. The minimum absolute atomic E-state index is 0.241. The second-order valence-electron chi connectivity index (χ2n) is 4.65. The van der Waals surface area contributed by atoms with Gasteiger partial charge in [-0.3, -0.25) is 4.79 Å². The number of hydrogen-bond acceptors (Lipinski definition) is 2. The first-order chi connectivity index (χ1) is 7.74. The lowest BCUT2D eigenvalue weighted by molar-refractivity contribution is -0.125. The van der Waals surface area contributed by atoms with Gasteiger partial charge in [0.05, 0.1) is 4.47 Å². The fourth-order valence-corrected chi connectivity index (χ4v) is 2.65. The summed E-state index contributed by atoms with van der Waals surface area (Å²) in [6.45, 7) is 0. The van der Waals surface area contributed by atoms with E-state index in [9.17, 15) is 4.79 Å². The molecule has 2 aliphatic rings. The van der Waals surface area contributed by atoms with Crippen LogP contribution in [0.4, 0.5) is 0 Å². The maximum absolute atomic E-state index is 11.9. The number of benzene rings is 1. The first-order valence-electron chi connectivity index (χ1n) is 5.71. The third-order valence-electron chi connectivity index (χ3n) is 3.26. The summed E-state index contributed by atoms with van der Waals surface area (Å²) in [4.78, 5) is 11.9. The van der Waals surface area contributed by atoms with Gasteiger partial charge in [-0.05, 0) is 46.3 Å². The molecule has 1 heterocycles. The molecule has 1 atom stereocenters. The van der Waals surface area contributed by atoms with Crippen molar-refractivity contribution in [1.82, 2.24) is 0 Å². The van der Waals surface area contributed by atoms with E-state index in [1.165, 1.54) is 12.8 Å². The molecule has 1 unspecified atom stereocenters. The largest absolute Gasteiger partial charge is 0.481 e. The van der Waals surface area contributed by atoms with Crippen molar-refractivity contribution in [3.63, 3.8) is 0 Å². The first kappa shape index (κ1) is 10.3. The minimum Gasteiger partial charge on any atom is -0.481 e. The Balaban J connectivity index is 1.74. The first-order valence-corrected chi connectivity index (χ1v) is 6.50. The van der Waals surface area contributed by atoms with Gasteiger partial charge in [-0.15, -0.1) is 0 Å². The van der Waals surface area contributed by atoms with E-state index in [-0.39, 0.29) is 11.9 Å². The van der Waals surface area contributed by atoms with Crippen molar-refractivity contribution in [3.8, 4) is 5.75 Å². The molecule has 0 aromatic heterocycles. The Bertz CT molecular complexity index is 438. The van der Waals surface area contributed by atoms with Gasteiger partial charge in [0.2, 0.25) is 0 Å². The van der Waals surface area contributed by atoms with Crippen LogP contribution in [0, 0.1) is 5.92 Å². The fourth-order valence-electron chi connectivity index (χ4n) is 2.15. The van der Waals surface area contributed by atoms with E-state index >= 15 is 0 Å². The summed E-state index contributed by atoms with van der Waals surface area (Å²) in [6.07, 6.45) is 3.63. The van der Waals surface area contributed by atoms with Crippen LogP contribution in [-0.2, 0) is 11.2 Å². The summed E-state index contributed by atoms with van der Waals surface area (Å²) in [7, 11) is 0. The molecule has 1 saturated carbocycles. The molecule has 3 rings (SSSR count). The molecule has 0 spiro atoms. The van der Waals surface area contributed by atoms with Crippen LogP contribution in [0.25, 0.3) is 0 Å². The molecule has 16 heavy (non-hydrogen) atoms. The van der Waals surface area contributed by atoms with Crippen LogP contribution in [0.1, 0.15) is 24.8 Å². The monoisotopic (exact) mass is 280 g/mol. The van der Waals surface area contributed by atoms with Crippen molar-refractivity contribution in [1.29, 1.82) is 0 Å². The lowest BCUT2D eigenvalue weighted by Crippen LogP contribution is -2.25. The normalized spacial score (nSPS) is 22.7. The Morgan fingerprint density at radius 3 is 2.94 bits per heavy atom. The van der Waals surface area contributed by atoms with Crippen molar-refractivity contribution in [3.05, 3.63) is 28.2 Å². The molecular weight excluding hydrogens is 268 g/mol. The predicted molar refractivity (Wildman–Crippen MR) is 64.6 cm³/mol. The van der Waals surface area contributed by atoms with Crippen molar-refractivity contribution in [2.24, 2.45) is 5.92 Å². The second-order valence-corrected chi connectivity index (χ2v) is 5.51. The van der Waals surface area contributed by atoms with Gasteiger partial charge >= 0.3 is 0 Å². The van der Waals surface area contributed by atoms with E-state index in [2.05, 4.69) is 15.9 Å². The van der Waals surface area contributed by atoms with Crippen molar-refractivity contribution < 1.29 is 9.53 Å². The van der Waals surface area contributed by atoms with Gasteiger partial charge in [0.1, 0.15) is 5.75 Å². The predicted octanol–water partition coefficient (Wildman–Crippen LogP) is 3.12. The molecular formula is C13H13BrO2. The van der Waals surface area contributed by atoms with E-state index in [0.29, 0.717) is 12.3 Å². The lowest BCUT2D eigenvalue weighted by atomic mass is 10.0. The number of carbonyl (C=O) groups is 1. The summed E-state index contributed by atoms with van der Waals surface area (Å²) >= 11 is 3.45. The fraction of sp³-hybridized carbons (Fsp3) is 0.462. The molecule has 0 saturated heterocycles. The Morgan fingerprint density at radius 2 is 2.25 bits per heavy atom. The van der Waals surface area contributed by atoms with Gasteiger partial charge in [0.25, 0.3) is 0 Å². The summed E-state index contributed by atoms with van der Waals surface area (Å²) in [5.74, 6) is 1.77. The van der Waals surface area contributed by atoms with Crippen LogP contribution in [0.3, 0.4) is 0 Å². The average molecular weight is 281 g/mol. The maximum Gasteiger partial charge on any atom is 0.173 e. The SMILES string of the molecule is O=C(CC1CC1)C1Cc2cccc(Br)c2O1. The number of fused-ring (bicyclic) bond motifs is 1. The molecule has 1 aromatic carbocycles. The number of halogens is 1. The average Bonchev–Trinajstić information content (AvgIpc) is 2.95. The molecule has 3 heteroatoms. The molecule has 0 radical (unpaired) electrons. The zero-order valence-electron chi connectivity index (χ0n) is 8.91. The van der Waals surface area contributed by atoms with E-state index < -0.39 is 0 Å². The summed E-state index contributed by atoms with van der Waals surface area (Å²) < 4.78 is 6.68. The third-order valence-corrected chi connectivity index (χ3v) is 3.88. The number of Topliss-reactive ketones (excluding diaryl/α,β-unsaturated/α-hetero) is 1. The van der Waals surface area contributed by atoms with Crippen molar-refractivity contribution in [2.45, 2.75) is 31.8 Å². The van der Waals surface area contributed by atoms with Gasteiger partial charge in [-0.25, -0.2) is 0 Å². The molecule has 0 amide bonds. The molecule has 1 aromatic rings. The van der Waals surface area contributed by atoms with E-state index in [4.69, 9.17) is 4.74 Å². The zero-order chi connectivity index (χ0) is 11.1. The van der Waals surface area contributed by atoms with Crippen LogP contribution < -0.4 is 4.74 Å². The molecule has 0 bridgehead atoms. The molecule has 2 nitrogen and oxygen atoms in total. The van der Waals surface area contributed by atoms with Crippen molar-refractivity contribution in [2.75, 3.05) is 0 Å². The van der Waals surface area contributed by atoms with Crippen LogP contribution >= 0.6 is 15.9 Å². The van der Waals surface area contributed by atoms with E-state index in [1.807, 2.05) is 18.2 Å². The molecule has 0 N–H and O–H groups in total. The van der Waals surface area contributed by atoms with Gasteiger partial charge in [0, 0.05) is 12.8 Å². The maximum atomic E-state index is 11.9. The van der Waals surface area contributed by atoms with Crippen LogP contribution in [-0.4, -0.2) is 11.9 Å². The number of rotatable bonds is 3. The van der Waals surface area contributed by atoms with Crippen LogP contribution in [0.2, 0.25) is 0 Å². The van der Waals surface area contributed by atoms with Gasteiger partial charge in [-0.1, -0.05) is 12.1 Å². The number of carbonyl (C=O) groups excluding carboxylic acids is 1. The molecule has 1 fully saturated rings. The number of ether oxygens (including phenoxy) is 1. The summed E-state index contributed by atoms with van der Waals surface area (Å²) in [6, 6.07) is 5.97. The van der Waals surface area contributed by atoms with E-state index in [0.717, 1.165) is 22.2 Å². The molecule has 1 aliphatic carbocycles. The quantitative estimate of drug-likeness (QED) is 0.851. The van der Waals surface area contributed by atoms with Gasteiger partial charge in [0.15, 0.2) is 11.9 Å². The van der Waals surface area contributed by atoms with E-state index in [1.54, 1.807) is 0 Å². The highest BCUT2D eigenvalue weighted by Crippen LogP contribution is 2.38. The van der Waals surface area contributed by atoms with Crippen molar-refractivity contribution >= 4 is 21.7 Å². The highest BCUT2D eigenvalue weighted by atomic mass is 79.9. The standard InChI is InChI=1S/C13H13BrO2/c14-10-3-1-2-9-7-12(16-13(9)10)11(15)6-8-4-5-8/h1-3,8,12H,4-7H2. The Hall–Kier alpha value is -0.830. The molecule has 1 aliphatic heterocycles. The summed E-state index contributed by atoms with van der Waals surface area (Å²) in [5, 5.41) is 0. The summed E-state index contributed by atoms with van der Waals surface area (Å²) in [5.41, 5.74) is 1.14. The number of ketones is 1. The van der Waals surface area contributed by atoms with Gasteiger partial charge < -0.3 is 4.74 Å². The van der Waals surface area contributed by atoms with Crippen LogP contribution in [0.5, 0.6) is 5.75 Å². The third kappa shape index (κ3) is 1.88. The van der Waals surface area contributed by atoms with Gasteiger partial charge in [-0.2, -0.15) is 0 Å². The number of para-hydroxylation sites is 1. The molecule has 84 valence electrons. The second kappa shape index (κ2) is 3.88. The smallest absolute Gasteiger partial charge is 0.173 e. The Labute approximate surface area is 103 Å². The Morgan fingerprint density at radius 1 is 1.44 bits per heavy atom. The topological polar surface area (TPSA) is 26.3 Å².